The summed E-state index contributed by atoms with van der Waals surface area (Å²) >= 11 is 0. The Morgan fingerprint density at radius 2 is 1.48 bits per heavy atom. The molecule has 3 rings (SSSR count). The van der Waals surface area contributed by atoms with Gasteiger partial charge in [-0.2, -0.15) is 5.26 Å². The van der Waals surface area contributed by atoms with E-state index in [0.717, 1.165) is 24.2 Å². The lowest BCUT2D eigenvalue weighted by Crippen LogP contribution is -2.53. The summed E-state index contributed by atoms with van der Waals surface area (Å²) in [4.78, 5) is 16.8. The van der Waals surface area contributed by atoms with Gasteiger partial charge in [-0.25, -0.2) is 0 Å². The first kappa shape index (κ1) is 21.0. The van der Waals surface area contributed by atoms with Crippen molar-refractivity contribution in [2.75, 3.05) is 32.8 Å². The smallest absolute Gasteiger partial charge is 0.248 e. The second-order valence-corrected chi connectivity index (χ2v) is 7.75. The topological polar surface area (TPSA) is 56.6 Å². The molecule has 0 N–H and O–H groups in total. The summed E-state index contributed by atoms with van der Waals surface area (Å²) in [6.07, 6.45) is -0.272. The molecule has 152 valence electrons. The lowest BCUT2D eigenvalue weighted by atomic mass is 10.0. The molecule has 2 aromatic carbocycles. The number of piperazine rings is 1. The molecule has 1 fully saturated rings. The monoisotopic (exact) mass is 391 g/mol. The quantitative estimate of drug-likeness (QED) is 0.725. The minimum atomic E-state index is -0.272. The van der Waals surface area contributed by atoms with E-state index < -0.39 is 0 Å². The third kappa shape index (κ3) is 5.44. The molecule has 0 aliphatic carbocycles. The van der Waals surface area contributed by atoms with Crippen LogP contribution in [0.3, 0.4) is 0 Å². The predicted molar refractivity (Wildman–Crippen MR) is 113 cm³/mol. The van der Waals surface area contributed by atoms with Crippen LogP contribution >= 0.6 is 0 Å². The number of amides is 1. The zero-order chi connectivity index (χ0) is 20.6. The van der Waals surface area contributed by atoms with Crippen molar-refractivity contribution in [1.82, 2.24) is 9.80 Å². The second kappa shape index (κ2) is 10.2. The molecule has 0 saturated carbocycles. The normalized spacial score (nSPS) is 16.0. The van der Waals surface area contributed by atoms with Crippen LogP contribution < -0.4 is 0 Å². The average molecular weight is 392 g/mol. The van der Waals surface area contributed by atoms with E-state index in [2.05, 4.69) is 24.8 Å². The summed E-state index contributed by atoms with van der Waals surface area (Å²) in [6.45, 7) is 6.88. The molecule has 1 atom stereocenters. The van der Waals surface area contributed by atoms with Gasteiger partial charge in [-0.1, -0.05) is 74.5 Å². The van der Waals surface area contributed by atoms with Crippen LogP contribution in [0.15, 0.2) is 60.7 Å². The van der Waals surface area contributed by atoms with E-state index in [1.165, 1.54) is 0 Å². The zero-order valence-electron chi connectivity index (χ0n) is 17.2. The fourth-order valence-electron chi connectivity index (χ4n) is 3.79. The molecule has 0 bridgehead atoms. The molecular weight excluding hydrogens is 362 g/mol. The Kier molecular flexibility index (Phi) is 7.40. The molecule has 29 heavy (non-hydrogen) atoms. The Morgan fingerprint density at radius 3 is 1.93 bits per heavy atom. The minimum Gasteiger partial charge on any atom is -0.359 e. The molecule has 5 nitrogen and oxygen atoms in total. The maximum absolute atomic E-state index is 12.8. The van der Waals surface area contributed by atoms with Crippen LogP contribution in [-0.2, 0) is 9.53 Å². The number of hydrogen-bond acceptors (Lipinski definition) is 4. The summed E-state index contributed by atoms with van der Waals surface area (Å²) in [5.41, 5.74) is 2.07. The molecule has 1 unspecified atom stereocenters. The SMILES string of the molecule is CC(C)C(C#N)N1CCN(C(=O)COC(c2ccccc2)c2ccccc2)CC1. The molecule has 1 aliphatic rings. The maximum atomic E-state index is 12.8. The standard InChI is InChI=1S/C24H29N3O2/c1-19(2)22(17-25)26-13-15-27(16-14-26)23(28)18-29-24(20-9-5-3-6-10-20)21-11-7-4-8-12-21/h3-12,19,22,24H,13-16,18H2,1-2H3. The van der Waals surface area contributed by atoms with Crippen molar-refractivity contribution in [3.8, 4) is 6.07 Å². The lowest BCUT2D eigenvalue weighted by molar-refractivity contribution is -0.139. The molecular formula is C24H29N3O2. The third-order valence-electron chi connectivity index (χ3n) is 5.40. The molecule has 2 aromatic rings. The minimum absolute atomic E-state index is 0.000401. The number of hydrogen-bond donors (Lipinski definition) is 0. The Morgan fingerprint density at radius 1 is 0.966 bits per heavy atom. The first-order valence-corrected chi connectivity index (χ1v) is 10.2. The van der Waals surface area contributed by atoms with E-state index in [4.69, 9.17) is 4.74 Å². The Hall–Kier alpha value is -2.68. The Labute approximate surface area is 173 Å². The predicted octanol–water partition coefficient (Wildman–Crippen LogP) is 3.48. The van der Waals surface area contributed by atoms with Crippen LogP contribution in [0.5, 0.6) is 0 Å². The van der Waals surface area contributed by atoms with Gasteiger partial charge in [0, 0.05) is 26.2 Å². The van der Waals surface area contributed by atoms with Gasteiger partial charge in [0.05, 0.1) is 6.07 Å². The molecule has 1 heterocycles. The number of nitriles is 1. The van der Waals surface area contributed by atoms with Crippen molar-refractivity contribution in [1.29, 1.82) is 5.26 Å². The van der Waals surface area contributed by atoms with Crippen LogP contribution in [0.4, 0.5) is 0 Å². The highest BCUT2D eigenvalue weighted by Gasteiger charge is 2.28. The number of nitrogens with zero attached hydrogens (tertiary/aromatic N) is 3. The summed E-state index contributed by atoms with van der Waals surface area (Å²) in [6, 6.07) is 22.3. The third-order valence-corrected chi connectivity index (χ3v) is 5.40. The van der Waals surface area contributed by atoms with Crippen molar-refractivity contribution in [3.63, 3.8) is 0 Å². The van der Waals surface area contributed by atoms with Crippen molar-refractivity contribution in [3.05, 3.63) is 71.8 Å². The Bertz CT molecular complexity index is 770. The van der Waals surface area contributed by atoms with Crippen molar-refractivity contribution in [2.24, 2.45) is 5.92 Å². The molecule has 0 spiro atoms. The highest BCUT2D eigenvalue weighted by molar-refractivity contribution is 5.77. The van der Waals surface area contributed by atoms with E-state index >= 15 is 0 Å². The van der Waals surface area contributed by atoms with Gasteiger partial charge in [0.15, 0.2) is 0 Å². The second-order valence-electron chi connectivity index (χ2n) is 7.75. The van der Waals surface area contributed by atoms with E-state index in [-0.39, 0.29) is 30.6 Å². The number of ether oxygens (including phenoxy) is 1. The summed E-state index contributed by atoms with van der Waals surface area (Å²) in [5.74, 6) is 0.280. The number of carbonyl (C=O) groups excluding carboxylic acids is 1. The average Bonchev–Trinajstić information content (AvgIpc) is 2.76. The number of benzene rings is 2. The van der Waals surface area contributed by atoms with Crippen LogP contribution in [0.1, 0.15) is 31.1 Å². The summed E-state index contributed by atoms with van der Waals surface area (Å²) < 4.78 is 6.11. The number of rotatable bonds is 7. The van der Waals surface area contributed by atoms with Gasteiger partial charge in [0.1, 0.15) is 18.8 Å². The molecule has 5 heteroatoms. The molecule has 1 aliphatic heterocycles. The van der Waals surface area contributed by atoms with Crippen LogP contribution in [0.25, 0.3) is 0 Å². The molecule has 0 radical (unpaired) electrons. The van der Waals surface area contributed by atoms with Gasteiger partial charge in [-0.3, -0.25) is 9.69 Å². The van der Waals surface area contributed by atoms with Crippen molar-refractivity contribution >= 4 is 5.91 Å². The largest absolute Gasteiger partial charge is 0.359 e. The first-order chi connectivity index (χ1) is 14.1. The highest BCUT2D eigenvalue weighted by atomic mass is 16.5. The highest BCUT2D eigenvalue weighted by Crippen LogP contribution is 2.26. The summed E-state index contributed by atoms with van der Waals surface area (Å²) in [7, 11) is 0. The fourth-order valence-corrected chi connectivity index (χ4v) is 3.79. The van der Waals surface area contributed by atoms with Gasteiger partial charge < -0.3 is 9.64 Å². The maximum Gasteiger partial charge on any atom is 0.248 e. The van der Waals surface area contributed by atoms with Crippen LogP contribution in [0.2, 0.25) is 0 Å². The summed E-state index contributed by atoms with van der Waals surface area (Å²) in [5, 5.41) is 9.39. The lowest BCUT2D eigenvalue weighted by Gasteiger charge is -2.38. The van der Waals surface area contributed by atoms with Crippen molar-refractivity contribution < 1.29 is 9.53 Å². The molecule has 1 saturated heterocycles. The molecule has 0 aromatic heterocycles. The van der Waals surface area contributed by atoms with Gasteiger partial charge in [0.25, 0.3) is 0 Å². The van der Waals surface area contributed by atoms with Gasteiger partial charge in [-0.15, -0.1) is 0 Å². The molecule has 1 amide bonds. The van der Waals surface area contributed by atoms with Gasteiger partial charge in [0.2, 0.25) is 5.91 Å². The Balaban J connectivity index is 1.59. The van der Waals surface area contributed by atoms with Crippen molar-refractivity contribution in [2.45, 2.75) is 26.0 Å². The van der Waals surface area contributed by atoms with E-state index in [9.17, 15) is 10.1 Å². The zero-order valence-corrected chi connectivity index (χ0v) is 17.2. The van der Waals surface area contributed by atoms with Crippen LogP contribution in [0, 0.1) is 17.2 Å². The van der Waals surface area contributed by atoms with E-state index in [0.29, 0.717) is 13.1 Å². The first-order valence-electron chi connectivity index (χ1n) is 10.2. The van der Waals surface area contributed by atoms with Crippen LogP contribution in [-0.4, -0.2) is 54.5 Å². The van der Waals surface area contributed by atoms with Gasteiger partial charge in [-0.05, 0) is 17.0 Å². The van der Waals surface area contributed by atoms with E-state index in [1.807, 2.05) is 65.6 Å². The number of carbonyl (C=O) groups is 1. The van der Waals surface area contributed by atoms with E-state index in [1.54, 1.807) is 0 Å². The van der Waals surface area contributed by atoms with Gasteiger partial charge >= 0.3 is 0 Å². The fraction of sp³-hybridized carbons (Fsp3) is 0.417.